The minimum absolute atomic E-state index is 0.0443. The lowest BCUT2D eigenvalue weighted by Crippen LogP contribution is -2.49. The number of carbonyl (C=O) groups is 2. The molecule has 1 unspecified atom stereocenters. The molecule has 0 radical (unpaired) electrons. The lowest BCUT2D eigenvalue weighted by Gasteiger charge is -2.39. The molecular formula is C40H39F6N9O4. The number of halogens is 6. The van der Waals surface area contributed by atoms with E-state index >= 15 is 8.78 Å². The average Bonchev–Trinajstić information content (AvgIpc) is 3.65. The summed E-state index contributed by atoms with van der Waals surface area (Å²) in [5.74, 6) is -5.60. The van der Waals surface area contributed by atoms with Crippen molar-refractivity contribution in [1.82, 2.24) is 30.5 Å². The minimum atomic E-state index is -4.72. The van der Waals surface area contributed by atoms with Crippen LogP contribution in [0.3, 0.4) is 0 Å². The van der Waals surface area contributed by atoms with Gasteiger partial charge in [-0.1, -0.05) is 24.3 Å². The summed E-state index contributed by atoms with van der Waals surface area (Å²) < 4.78 is 92.2. The molecule has 2 aliphatic rings. The summed E-state index contributed by atoms with van der Waals surface area (Å²) in [5, 5.41) is 27.0. The maximum absolute atomic E-state index is 16.2. The number of nitrogens with zero attached hydrogens (tertiary/aromatic N) is 7. The van der Waals surface area contributed by atoms with E-state index < -0.39 is 65.8 Å². The SMILES string of the molecule is CC(C)(C)OC(=O)NC(CC(F)(F)F)C(=O)Nc1ccc(N2CCN(c3ccc(-c4ccc(C(F)(F)[C@]5(O)Cn6nnnc6-c6cc(F)ccc65)nc4)cc3)CC2)cc1. The van der Waals surface area contributed by atoms with Crippen molar-refractivity contribution in [2.75, 3.05) is 41.3 Å². The Balaban J connectivity index is 0.950. The number of ether oxygens (including phenoxy) is 1. The summed E-state index contributed by atoms with van der Waals surface area (Å²) in [4.78, 5) is 33.3. The lowest BCUT2D eigenvalue weighted by atomic mass is 9.80. The molecule has 0 bridgehead atoms. The van der Waals surface area contributed by atoms with E-state index in [2.05, 4.69) is 35.6 Å². The van der Waals surface area contributed by atoms with E-state index in [0.717, 1.165) is 45.9 Å². The number of amides is 2. The summed E-state index contributed by atoms with van der Waals surface area (Å²) in [6.45, 7) is 6.56. The molecule has 1 saturated heterocycles. The highest BCUT2D eigenvalue weighted by Crippen LogP contribution is 2.50. The number of piperazine rings is 1. The van der Waals surface area contributed by atoms with Gasteiger partial charge in [0.1, 0.15) is 23.2 Å². The van der Waals surface area contributed by atoms with Crippen LogP contribution in [0.2, 0.25) is 0 Å². The molecule has 19 heteroatoms. The number of tetrazole rings is 1. The first kappa shape index (κ1) is 40.9. The maximum atomic E-state index is 16.2. The van der Waals surface area contributed by atoms with Crippen LogP contribution in [0.15, 0.2) is 85.1 Å². The number of rotatable bonds is 9. The molecule has 0 saturated carbocycles. The zero-order chi connectivity index (χ0) is 42.3. The molecule has 1 fully saturated rings. The van der Waals surface area contributed by atoms with Gasteiger partial charge in [-0.25, -0.2) is 13.9 Å². The van der Waals surface area contributed by atoms with Crippen molar-refractivity contribution in [3.8, 4) is 22.5 Å². The van der Waals surface area contributed by atoms with Gasteiger partial charge in [0.25, 0.3) is 0 Å². The number of pyridine rings is 1. The van der Waals surface area contributed by atoms with Gasteiger partial charge in [-0.15, -0.1) is 5.10 Å². The topological polar surface area (TPSA) is 151 Å². The van der Waals surface area contributed by atoms with Gasteiger partial charge in [0.2, 0.25) is 5.91 Å². The Labute approximate surface area is 334 Å². The minimum Gasteiger partial charge on any atom is -0.444 e. The van der Waals surface area contributed by atoms with Crippen molar-refractivity contribution in [1.29, 1.82) is 0 Å². The molecule has 2 aliphatic heterocycles. The van der Waals surface area contributed by atoms with Crippen molar-refractivity contribution >= 4 is 29.1 Å². The fourth-order valence-corrected chi connectivity index (χ4v) is 7.06. The molecule has 4 heterocycles. The van der Waals surface area contributed by atoms with E-state index in [1.54, 1.807) is 45.0 Å². The maximum Gasteiger partial charge on any atom is 0.408 e. The first-order chi connectivity index (χ1) is 27.8. The molecule has 310 valence electrons. The summed E-state index contributed by atoms with van der Waals surface area (Å²) in [6.07, 6.45) is -6.13. The fraction of sp³-hybridized carbons (Fsp3) is 0.350. The van der Waals surface area contributed by atoms with Crippen LogP contribution >= 0.6 is 0 Å². The molecule has 2 aromatic heterocycles. The second-order valence-electron chi connectivity index (χ2n) is 15.3. The van der Waals surface area contributed by atoms with E-state index in [0.29, 0.717) is 31.7 Å². The first-order valence-electron chi connectivity index (χ1n) is 18.5. The van der Waals surface area contributed by atoms with Gasteiger partial charge in [0.15, 0.2) is 11.4 Å². The van der Waals surface area contributed by atoms with Crippen LogP contribution in [0.1, 0.15) is 38.4 Å². The summed E-state index contributed by atoms with van der Waals surface area (Å²) in [7, 11) is 0. The van der Waals surface area contributed by atoms with E-state index in [-0.39, 0.29) is 22.6 Å². The predicted molar refractivity (Wildman–Crippen MR) is 204 cm³/mol. The van der Waals surface area contributed by atoms with Gasteiger partial charge < -0.3 is 30.3 Å². The van der Waals surface area contributed by atoms with Crippen LogP contribution in [0, 0.1) is 5.82 Å². The number of aromatic nitrogens is 5. The highest BCUT2D eigenvalue weighted by Gasteiger charge is 2.59. The second kappa shape index (κ2) is 15.5. The molecule has 2 amide bonds. The van der Waals surface area contributed by atoms with E-state index in [9.17, 15) is 32.3 Å². The standard InChI is InChI=1S/C40H39F6N9O4/c1-37(2,3)59-36(57)49-32(21-39(42,43)44)35(56)48-27-8-12-29(13-9-27)54-18-16-53(17-19-54)28-10-4-24(5-11-28)25-6-15-33(47-22-25)40(45,46)38(58)23-55-34(50-51-52-55)30-20-26(41)7-14-31(30)38/h4-15,20,22,32,58H,16-19,21,23H2,1-3H3,(H,48,56)(H,49,57)/t32?,38-/m0/s1. The monoisotopic (exact) mass is 823 g/mol. The van der Waals surface area contributed by atoms with Crippen LogP contribution in [0.4, 0.5) is 48.2 Å². The van der Waals surface area contributed by atoms with Crippen LogP contribution in [0.5, 0.6) is 0 Å². The van der Waals surface area contributed by atoms with Crippen LogP contribution < -0.4 is 20.4 Å². The number of carbonyl (C=O) groups excluding carboxylic acids is 2. The Morgan fingerprint density at radius 3 is 2.05 bits per heavy atom. The Kier molecular flexibility index (Phi) is 10.8. The number of fused-ring (bicyclic) bond motifs is 3. The third kappa shape index (κ3) is 8.79. The fourth-order valence-electron chi connectivity index (χ4n) is 7.06. The zero-order valence-corrected chi connectivity index (χ0v) is 32.0. The number of aliphatic hydroxyl groups is 1. The van der Waals surface area contributed by atoms with Gasteiger partial charge in [-0.2, -0.15) is 22.0 Å². The Bertz CT molecular complexity index is 2310. The van der Waals surface area contributed by atoms with Crippen molar-refractivity contribution in [2.24, 2.45) is 0 Å². The number of hydrogen-bond donors (Lipinski definition) is 3. The molecule has 0 aliphatic carbocycles. The average molecular weight is 824 g/mol. The van der Waals surface area contributed by atoms with Crippen molar-refractivity contribution < 1.29 is 45.8 Å². The van der Waals surface area contributed by atoms with Crippen LogP contribution in [-0.2, 0) is 27.6 Å². The quantitative estimate of drug-likeness (QED) is 0.138. The van der Waals surface area contributed by atoms with Gasteiger partial charge in [-0.3, -0.25) is 9.78 Å². The third-order valence-electron chi connectivity index (χ3n) is 9.97. The van der Waals surface area contributed by atoms with E-state index in [1.165, 1.54) is 12.3 Å². The molecule has 3 N–H and O–H groups in total. The molecule has 59 heavy (non-hydrogen) atoms. The Hall–Kier alpha value is -6.24. The predicted octanol–water partition coefficient (Wildman–Crippen LogP) is 6.65. The van der Waals surface area contributed by atoms with Gasteiger partial charge in [-0.05, 0) is 91.4 Å². The molecule has 13 nitrogen and oxygen atoms in total. The molecule has 2 atom stereocenters. The summed E-state index contributed by atoms with van der Waals surface area (Å²) >= 11 is 0. The number of nitrogens with one attached hydrogen (secondary N) is 2. The normalized spacial score (nSPS) is 17.5. The number of benzene rings is 3. The lowest BCUT2D eigenvalue weighted by molar-refractivity contribution is -0.207. The van der Waals surface area contributed by atoms with Gasteiger partial charge >= 0.3 is 18.2 Å². The number of hydrogen-bond acceptors (Lipinski definition) is 10. The molecule has 0 spiro atoms. The summed E-state index contributed by atoms with van der Waals surface area (Å²) in [5.41, 5.74) is -1.42. The smallest absolute Gasteiger partial charge is 0.408 e. The Morgan fingerprint density at radius 1 is 0.864 bits per heavy atom. The molecule has 3 aromatic carbocycles. The first-order valence-corrected chi connectivity index (χ1v) is 18.5. The van der Waals surface area contributed by atoms with Gasteiger partial charge in [0, 0.05) is 66.1 Å². The summed E-state index contributed by atoms with van der Waals surface area (Å²) in [6, 6.07) is 18.0. The van der Waals surface area contributed by atoms with Crippen molar-refractivity contribution in [3.63, 3.8) is 0 Å². The van der Waals surface area contributed by atoms with E-state index in [4.69, 9.17) is 4.74 Å². The van der Waals surface area contributed by atoms with Crippen LogP contribution in [-0.4, -0.2) is 86.3 Å². The van der Waals surface area contributed by atoms with Crippen molar-refractivity contribution in [3.05, 3.63) is 102 Å². The van der Waals surface area contributed by atoms with Crippen LogP contribution in [0.25, 0.3) is 22.5 Å². The van der Waals surface area contributed by atoms with Gasteiger partial charge in [0.05, 0.1) is 13.0 Å². The highest BCUT2D eigenvalue weighted by atomic mass is 19.4. The molecule has 7 rings (SSSR count). The zero-order valence-electron chi connectivity index (χ0n) is 32.0. The highest BCUT2D eigenvalue weighted by molar-refractivity contribution is 5.96. The number of alkyl halides is 5. The number of alkyl carbamates (subject to hydrolysis) is 1. The Morgan fingerprint density at radius 2 is 1.47 bits per heavy atom. The number of anilines is 3. The molecule has 5 aromatic rings. The van der Waals surface area contributed by atoms with E-state index in [1.807, 2.05) is 29.6 Å². The largest absolute Gasteiger partial charge is 0.444 e. The third-order valence-corrected chi connectivity index (χ3v) is 9.97. The second-order valence-corrected chi connectivity index (χ2v) is 15.3. The van der Waals surface area contributed by atoms with Crippen molar-refractivity contribution in [2.45, 2.75) is 63.1 Å². The molecular weight excluding hydrogens is 784 g/mol.